The minimum Gasteiger partial charge on any atom is -0.341 e. The molecule has 1 rings (SSSR count). The lowest BCUT2D eigenvalue weighted by atomic mass is 9.96. The van der Waals surface area contributed by atoms with Crippen LogP contribution in [-0.4, -0.2) is 24.4 Å². The van der Waals surface area contributed by atoms with Crippen LogP contribution in [0.2, 0.25) is 0 Å². The van der Waals surface area contributed by atoms with E-state index in [2.05, 4.69) is 6.92 Å². The topological polar surface area (TPSA) is 46.3 Å². The third-order valence-electron chi connectivity index (χ3n) is 3.65. The average Bonchev–Trinajstić information content (AvgIpc) is 2.43. The van der Waals surface area contributed by atoms with Gasteiger partial charge in [0.15, 0.2) is 0 Å². The van der Waals surface area contributed by atoms with Crippen LogP contribution in [0.1, 0.15) is 38.2 Å². The number of hydrogen-bond donors (Lipinski definition) is 1. The SMILES string of the molecule is CCC(CCN)CCC(=O)N(C)Cc1cccc(F)c1. The summed E-state index contributed by atoms with van der Waals surface area (Å²) in [6.45, 7) is 3.25. The minimum absolute atomic E-state index is 0.102. The average molecular weight is 280 g/mol. The predicted octanol–water partition coefficient (Wildman–Crippen LogP) is 2.94. The van der Waals surface area contributed by atoms with Gasteiger partial charge >= 0.3 is 0 Å². The summed E-state index contributed by atoms with van der Waals surface area (Å²) >= 11 is 0. The molecule has 2 N–H and O–H groups in total. The summed E-state index contributed by atoms with van der Waals surface area (Å²) in [5.74, 6) is 0.355. The summed E-state index contributed by atoms with van der Waals surface area (Å²) < 4.78 is 13.1. The number of amides is 1. The summed E-state index contributed by atoms with van der Waals surface area (Å²) in [5.41, 5.74) is 6.37. The number of rotatable bonds is 8. The first-order valence-electron chi connectivity index (χ1n) is 7.25. The van der Waals surface area contributed by atoms with Crippen molar-refractivity contribution in [2.75, 3.05) is 13.6 Å². The molecule has 0 aliphatic carbocycles. The van der Waals surface area contributed by atoms with Crippen molar-refractivity contribution in [3.8, 4) is 0 Å². The van der Waals surface area contributed by atoms with Crippen LogP contribution in [0, 0.1) is 11.7 Å². The molecule has 0 aliphatic heterocycles. The molecule has 0 heterocycles. The Morgan fingerprint density at radius 2 is 2.15 bits per heavy atom. The van der Waals surface area contributed by atoms with E-state index in [1.807, 2.05) is 6.07 Å². The number of carbonyl (C=O) groups is 1. The Kier molecular flexibility index (Phi) is 7.23. The molecule has 20 heavy (non-hydrogen) atoms. The Morgan fingerprint density at radius 3 is 2.75 bits per heavy atom. The molecule has 3 nitrogen and oxygen atoms in total. The van der Waals surface area contributed by atoms with E-state index >= 15 is 0 Å². The summed E-state index contributed by atoms with van der Waals surface area (Å²) in [6, 6.07) is 6.37. The van der Waals surface area contributed by atoms with Crippen molar-refractivity contribution in [2.45, 2.75) is 39.2 Å². The van der Waals surface area contributed by atoms with Gasteiger partial charge in [-0.1, -0.05) is 25.5 Å². The van der Waals surface area contributed by atoms with Crippen LogP contribution in [0.15, 0.2) is 24.3 Å². The van der Waals surface area contributed by atoms with Gasteiger partial charge in [0.1, 0.15) is 5.82 Å². The van der Waals surface area contributed by atoms with Gasteiger partial charge in [-0.2, -0.15) is 0 Å². The molecule has 1 aromatic rings. The van der Waals surface area contributed by atoms with Crippen molar-refractivity contribution in [1.82, 2.24) is 4.90 Å². The van der Waals surface area contributed by atoms with Crippen molar-refractivity contribution >= 4 is 5.91 Å². The van der Waals surface area contributed by atoms with Crippen molar-refractivity contribution in [1.29, 1.82) is 0 Å². The fourth-order valence-corrected chi connectivity index (χ4v) is 2.30. The lowest BCUT2D eigenvalue weighted by Crippen LogP contribution is -2.26. The van der Waals surface area contributed by atoms with Crippen LogP contribution in [0.4, 0.5) is 4.39 Å². The monoisotopic (exact) mass is 280 g/mol. The van der Waals surface area contributed by atoms with Gasteiger partial charge < -0.3 is 10.6 Å². The molecule has 0 radical (unpaired) electrons. The minimum atomic E-state index is -0.266. The number of nitrogens with two attached hydrogens (primary N) is 1. The van der Waals surface area contributed by atoms with Crippen molar-refractivity contribution in [2.24, 2.45) is 11.7 Å². The zero-order chi connectivity index (χ0) is 15.0. The third-order valence-corrected chi connectivity index (χ3v) is 3.65. The summed E-state index contributed by atoms with van der Waals surface area (Å²) in [6.07, 6.45) is 3.43. The van der Waals surface area contributed by atoms with Crippen LogP contribution in [0.3, 0.4) is 0 Å². The maximum Gasteiger partial charge on any atom is 0.222 e. The van der Waals surface area contributed by atoms with Crippen LogP contribution < -0.4 is 5.73 Å². The molecule has 0 bridgehead atoms. The molecule has 1 unspecified atom stereocenters. The van der Waals surface area contributed by atoms with E-state index in [0.717, 1.165) is 24.8 Å². The zero-order valence-corrected chi connectivity index (χ0v) is 12.4. The highest BCUT2D eigenvalue weighted by molar-refractivity contribution is 5.75. The van der Waals surface area contributed by atoms with E-state index in [1.165, 1.54) is 12.1 Å². The quantitative estimate of drug-likeness (QED) is 0.796. The molecule has 1 aromatic carbocycles. The Morgan fingerprint density at radius 1 is 1.40 bits per heavy atom. The molecule has 0 aromatic heterocycles. The van der Waals surface area contributed by atoms with E-state index in [9.17, 15) is 9.18 Å². The third kappa shape index (κ3) is 5.70. The van der Waals surface area contributed by atoms with Crippen LogP contribution in [0.25, 0.3) is 0 Å². The number of benzene rings is 1. The zero-order valence-electron chi connectivity index (χ0n) is 12.4. The summed E-state index contributed by atoms with van der Waals surface area (Å²) in [7, 11) is 1.76. The lowest BCUT2D eigenvalue weighted by molar-refractivity contribution is -0.130. The molecule has 0 saturated carbocycles. The largest absolute Gasteiger partial charge is 0.341 e. The molecule has 0 spiro atoms. The second kappa shape index (κ2) is 8.69. The first-order valence-corrected chi connectivity index (χ1v) is 7.25. The summed E-state index contributed by atoms with van der Waals surface area (Å²) in [4.78, 5) is 13.7. The van der Waals surface area contributed by atoms with E-state index in [1.54, 1.807) is 18.0 Å². The van der Waals surface area contributed by atoms with E-state index in [4.69, 9.17) is 5.73 Å². The Balaban J connectivity index is 2.42. The molecule has 0 aliphatic rings. The molecular formula is C16H25FN2O. The van der Waals surface area contributed by atoms with E-state index < -0.39 is 0 Å². The highest BCUT2D eigenvalue weighted by Gasteiger charge is 2.13. The van der Waals surface area contributed by atoms with Gasteiger partial charge in [-0.25, -0.2) is 4.39 Å². The van der Waals surface area contributed by atoms with Crippen molar-refractivity contribution in [3.05, 3.63) is 35.6 Å². The molecule has 1 atom stereocenters. The second-order valence-electron chi connectivity index (χ2n) is 5.27. The molecule has 1 amide bonds. The van der Waals surface area contributed by atoms with E-state index in [-0.39, 0.29) is 11.7 Å². The Labute approximate surface area is 121 Å². The molecule has 0 fully saturated rings. The lowest BCUT2D eigenvalue weighted by Gasteiger charge is -2.19. The van der Waals surface area contributed by atoms with Gasteiger partial charge in [0.05, 0.1) is 0 Å². The van der Waals surface area contributed by atoms with Crippen LogP contribution in [-0.2, 0) is 11.3 Å². The normalized spacial score (nSPS) is 12.2. The standard InChI is InChI=1S/C16H25FN2O/c1-3-13(9-10-18)7-8-16(20)19(2)12-14-5-4-6-15(17)11-14/h4-6,11,13H,3,7-10,12,18H2,1-2H3. The van der Waals surface area contributed by atoms with Gasteiger partial charge in [0.2, 0.25) is 5.91 Å². The number of hydrogen-bond acceptors (Lipinski definition) is 2. The first kappa shape index (κ1) is 16.6. The fraction of sp³-hybridized carbons (Fsp3) is 0.562. The van der Waals surface area contributed by atoms with Crippen molar-refractivity contribution in [3.63, 3.8) is 0 Å². The Hall–Kier alpha value is -1.42. The van der Waals surface area contributed by atoms with Gasteiger partial charge in [-0.3, -0.25) is 4.79 Å². The first-order chi connectivity index (χ1) is 9.56. The van der Waals surface area contributed by atoms with Gasteiger partial charge in [-0.05, 0) is 43.0 Å². The Bertz CT molecular complexity index is 423. The second-order valence-corrected chi connectivity index (χ2v) is 5.27. The van der Waals surface area contributed by atoms with Crippen LogP contribution in [0.5, 0.6) is 0 Å². The van der Waals surface area contributed by atoms with Crippen LogP contribution >= 0.6 is 0 Å². The molecule has 112 valence electrons. The van der Waals surface area contributed by atoms with Gasteiger partial charge in [0.25, 0.3) is 0 Å². The maximum atomic E-state index is 13.1. The molecule has 0 saturated heterocycles. The fourth-order valence-electron chi connectivity index (χ4n) is 2.30. The van der Waals surface area contributed by atoms with Crippen molar-refractivity contribution < 1.29 is 9.18 Å². The molecule has 4 heteroatoms. The smallest absolute Gasteiger partial charge is 0.222 e. The van der Waals surface area contributed by atoms with Gasteiger partial charge in [-0.15, -0.1) is 0 Å². The number of carbonyl (C=O) groups excluding carboxylic acids is 1. The highest BCUT2D eigenvalue weighted by atomic mass is 19.1. The van der Waals surface area contributed by atoms with Gasteiger partial charge in [0, 0.05) is 20.0 Å². The highest BCUT2D eigenvalue weighted by Crippen LogP contribution is 2.16. The maximum absolute atomic E-state index is 13.1. The number of nitrogens with zero attached hydrogens (tertiary/aromatic N) is 1. The number of halogens is 1. The van der Waals surface area contributed by atoms with E-state index in [0.29, 0.717) is 25.4 Å². The summed E-state index contributed by atoms with van der Waals surface area (Å²) in [5, 5.41) is 0. The molecular weight excluding hydrogens is 255 g/mol. The predicted molar refractivity (Wildman–Crippen MR) is 79.6 cm³/mol.